The normalized spacial score (nSPS) is 26.2. The molecule has 3 rings (SSSR count). The van der Waals surface area contributed by atoms with Crippen molar-refractivity contribution in [2.45, 2.75) is 58.7 Å². The summed E-state index contributed by atoms with van der Waals surface area (Å²) >= 11 is 0. The maximum absolute atomic E-state index is 12.7. The van der Waals surface area contributed by atoms with Crippen LogP contribution in [-0.4, -0.2) is 45.2 Å². The van der Waals surface area contributed by atoms with Crippen LogP contribution in [0.15, 0.2) is 4.42 Å². The van der Waals surface area contributed by atoms with E-state index >= 15 is 0 Å². The highest BCUT2D eigenvalue weighted by atomic mass is 16.4. The molecule has 2 aliphatic rings. The van der Waals surface area contributed by atoms with Gasteiger partial charge in [0.05, 0.1) is 12.2 Å². The minimum Gasteiger partial charge on any atom is -0.444 e. The summed E-state index contributed by atoms with van der Waals surface area (Å²) in [6, 6.07) is -0.737. The van der Waals surface area contributed by atoms with Crippen LogP contribution in [0, 0.1) is 13.8 Å². The van der Waals surface area contributed by atoms with Crippen molar-refractivity contribution in [1.29, 1.82) is 0 Å². The first-order valence-electron chi connectivity index (χ1n) is 7.53. The average Bonchev–Trinajstić information content (AvgIpc) is 2.80. The Bertz CT molecular complexity index is 561. The van der Waals surface area contributed by atoms with Crippen LogP contribution in [0.4, 0.5) is 0 Å². The van der Waals surface area contributed by atoms with E-state index in [2.05, 4.69) is 4.98 Å². The second-order valence-corrected chi connectivity index (χ2v) is 5.93. The molecule has 0 radical (unpaired) electrons. The number of piperazine rings is 1. The molecule has 2 saturated heterocycles. The van der Waals surface area contributed by atoms with Gasteiger partial charge in [-0.3, -0.25) is 9.59 Å². The van der Waals surface area contributed by atoms with Gasteiger partial charge in [0.25, 0.3) is 0 Å². The molecule has 2 amide bonds. The number of nitrogens with zero attached hydrogens (tertiary/aromatic N) is 3. The summed E-state index contributed by atoms with van der Waals surface area (Å²) in [6.07, 6.45) is 2.75. The zero-order chi connectivity index (χ0) is 15.1. The molecule has 0 bridgehead atoms. The summed E-state index contributed by atoms with van der Waals surface area (Å²) in [7, 11) is 0. The third-order valence-corrected chi connectivity index (χ3v) is 4.56. The Morgan fingerprint density at radius 1 is 1.24 bits per heavy atom. The maximum Gasteiger partial charge on any atom is 0.246 e. The van der Waals surface area contributed by atoms with E-state index < -0.39 is 6.04 Å². The van der Waals surface area contributed by atoms with Crippen molar-refractivity contribution in [2.75, 3.05) is 6.54 Å². The summed E-state index contributed by atoms with van der Waals surface area (Å²) in [6.45, 7) is 6.47. The first-order valence-corrected chi connectivity index (χ1v) is 7.53. The van der Waals surface area contributed by atoms with Crippen molar-refractivity contribution in [3.8, 4) is 0 Å². The van der Waals surface area contributed by atoms with Gasteiger partial charge in [-0.2, -0.15) is 0 Å². The molecule has 114 valence electrons. The lowest BCUT2D eigenvalue weighted by Gasteiger charge is -2.45. The lowest BCUT2D eigenvalue weighted by molar-refractivity contribution is -0.163. The maximum atomic E-state index is 12.7. The van der Waals surface area contributed by atoms with E-state index in [0.29, 0.717) is 12.4 Å². The number of aromatic nitrogens is 1. The molecule has 1 aromatic rings. The van der Waals surface area contributed by atoms with Gasteiger partial charge in [-0.15, -0.1) is 0 Å². The molecular weight excluding hydrogens is 270 g/mol. The predicted molar refractivity (Wildman–Crippen MR) is 75.3 cm³/mol. The van der Waals surface area contributed by atoms with Gasteiger partial charge < -0.3 is 14.2 Å². The fourth-order valence-electron chi connectivity index (χ4n) is 3.18. The number of carbonyl (C=O) groups excluding carboxylic acids is 2. The number of aryl methyl sites for hydroxylation is 2. The fourth-order valence-corrected chi connectivity index (χ4v) is 3.18. The van der Waals surface area contributed by atoms with Crippen molar-refractivity contribution in [2.24, 2.45) is 0 Å². The largest absolute Gasteiger partial charge is 0.444 e. The summed E-state index contributed by atoms with van der Waals surface area (Å²) < 4.78 is 5.56. The van der Waals surface area contributed by atoms with Crippen LogP contribution in [-0.2, 0) is 16.1 Å². The van der Waals surface area contributed by atoms with Crippen LogP contribution in [0.1, 0.15) is 43.5 Å². The highest BCUT2D eigenvalue weighted by Crippen LogP contribution is 2.27. The fraction of sp³-hybridized carbons (Fsp3) is 0.667. The van der Waals surface area contributed by atoms with Crippen molar-refractivity contribution in [3.05, 3.63) is 17.3 Å². The van der Waals surface area contributed by atoms with Crippen LogP contribution in [0.25, 0.3) is 0 Å². The standard InChI is InChI=1S/C15H21N3O3/c1-9-11(3)21-13(16-9)8-18-10(2)14(19)17-7-5-4-6-12(17)15(18)20/h10,12H,4-8H2,1-3H3. The number of hydrogen-bond donors (Lipinski definition) is 0. The first kappa shape index (κ1) is 14.1. The van der Waals surface area contributed by atoms with E-state index in [-0.39, 0.29) is 24.4 Å². The SMILES string of the molecule is Cc1nc(CN2C(=O)C3CCCCN3C(=O)C2C)oc1C. The van der Waals surface area contributed by atoms with Crippen molar-refractivity contribution < 1.29 is 14.0 Å². The summed E-state index contributed by atoms with van der Waals surface area (Å²) in [5.74, 6) is 1.32. The lowest BCUT2D eigenvalue weighted by Crippen LogP contribution is -2.64. The van der Waals surface area contributed by atoms with Crippen LogP contribution in [0.5, 0.6) is 0 Å². The van der Waals surface area contributed by atoms with Crippen molar-refractivity contribution >= 4 is 11.8 Å². The van der Waals surface area contributed by atoms with E-state index in [9.17, 15) is 9.59 Å². The Morgan fingerprint density at radius 2 is 2.00 bits per heavy atom. The molecule has 2 unspecified atom stereocenters. The number of rotatable bonds is 2. The molecule has 21 heavy (non-hydrogen) atoms. The van der Waals surface area contributed by atoms with Gasteiger partial charge in [0, 0.05) is 6.54 Å². The van der Waals surface area contributed by atoms with Crippen LogP contribution < -0.4 is 0 Å². The Balaban J connectivity index is 1.83. The monoisotopic (exact) mass is 291 g/mol. The second kappa shape index (κ2) is 5.16. The Hall–Kier alpha value is -1.85. The molecule has 1 aromatic heterocycles. The average molecular weight is 291 g/mol. The third-order valence-electron chi connectivity index (χ3n) is 4.56. The van der Waals surface area contributed by atoms with Gasteiger partial charge in [-0.25, -0.2) is 4.98 Å². The molecule has 2 aliphatic heterocycles. The second-order valence-electron chi connectivity index (χ2n) is 5.93. The van der Waals surface area contributed by atoms with E-state index in [4.69, 9.17) is 4.42 Å². The molecule has 2 fully saturated rings. The molecule has 3 heterocycles. The topological polar surface area (TPSA) is 66.7 Å². The molecule has 6 nitrogen and oxygen atoms in total. The number of hydrogen-bond acceptors (Lipinski definition) is 4. The quantitative estimate of drug-likeness (QED) is 0.826. The van der Waals surface area contributed by atoms with Gasteiger partial charge in [0.2, 0.25) is 17.7 Å². The zero-order valence-corrected chi connectivity index (χ0v) is 12.8. The molecule has 6 heteroatoms. The Kier molecular flexibility index (Phi) is 3.47. The number of oxazole rings is 1. The molecule has 0 aliphatic carbocycles. The number of carbonyl (C=O) groups is 2. The van der Waals surface area contributed by atoms with E-state index in [1.54, 1.807) is 16.7 Å². The third kappa shape index (κ3) is 2.32. The molecule has 0 spiro atoms. The van der Waals surface area contributed by atoms with Crippen LogP contribution in [0.2, 0.25) is 0 Å². The van der Waals surface area contributed by atoms with Crippen LogP contribution >= 0.6 is 0 Å². The highest BCUT2D eigenvalue weighted by Gasteiger charge is 2.44. The van der Waals surface area contributed by atoms with E-state index in [0.717, 1.165) is 30.7 Å². The molecule has 0 N–H and O–H groups in total. The molecule has 0 saturated carbocycles. The first-order chi connectivity index (χ1) is 9.99. The minimum atomic E-state index is -0.445. The van der Waals surface area contributed by atoms with Gasteiger partial charge in [-0.1, -0.05) is 0 Å². The van der Waals surface area contributed by atoms with Gasteiger partial charge in [-0.05, 0) is 40.0 Å². The van der Waals surface area contributed by atoms with E-state index in [1.165, 1.54) is 0 Å². The van der Waals surface area contributed by atoms with Crippen molar-refractivity contribution in [1.82, 2.24) is 14.8 Å². The minimum absolute atomic E-state index is 0.0234. The molecule has 2 atom stereocenters. The summed E-state index contributed by atoms with van der Waals surface area (Å²) in [5.41, 5.74) is 0.827. The zero-order valence-electron chi connectivity index (χ0n) is 12.8. The number of amides is 2. The highest BCUT2D eigenvalue weighted by molar-refractivity contribution is 5.96. The lowest BCUT2D eigenvalue weighted by atomic mass is 9.96. The smallest absolute Gasteiger partial charge is 0.246 e. The molecular formula is C15H21N3O3. The van der Waals surface area contributed by atoms with Gasteiger partial charge >= 0.3 is 0 Å². The number of piperidine rings is 1. The summed E-state index contributed by atoms with van der Waals surface area (Å²) in [4.78, 5) is 32.8. The summed E-state index contributed by atoms with van der Waals surface area (Å²) in [5, 5.41) is 0. The predicted octanol–water partition coefficient (Wildman–Crippen LogP) is 1.40. The molecule has 0 aromatic carbocycles. The van der Waals surface area contributed by atoms with Gasteiger partial charge in [0.1, 0.15) is 17.8 Å². The number of fused-ring (bicyclic) bond motifs is 1. The Labute approximate surface area is 124 Å². The van der Waals surface area contributed by atoms with Crippen LogP contribution in [0.3, 0.4) is 0 Å². The van der Waals surface area contributed by atoms with Crippen molar-refractivity contribution in [3.63, 3.8) is 0 Å². The Morgan fingerprint density at radius 3 is 2.67 bits per heavy atom. The van der Waals surface area contributed by atoms with Gasteiger partial charge in [0.15, 0.2) is 0 Å². The van der Waals surface area contributed by atoms with E-state index in [1.807, 2.05) is 13.8 Å².